The Morgan fingerprint density at radius 3 is 2.92 bits per heavy atom. The van der Waals surface area contributed by atoms with Crippen molar-refractivity contribution in [2.45, 2.75) is 31.2 Å². The minimum Gasteiger partial charge on any atom is -0.316 e. The van der Waals surface area contributed by atoms with Crippen molar-refractivity contribution in [3.63, 3.8) is 0 Å². The Morgan fingerprint density at radius 1 is 1.38 bits per heavy atom. The van der Waals surface area contributed by atoms with Crippen LogP contribution in [0, 0.1) is 25.2 Å². The number of nitrogens with zero attached hydrogens (tertiary/aromatic N) is 5. The van der Waals surface area contributed by atoms with Gasteiger partial charge in [-0.2, -0.15) is 9.94 Å². The van der Waals surface area contributed by atoms with Gasteiger partial charge in [-0.1, -0.05) is 29.5 Å². The number of thiophene rings is 1. The molecule has 0 fully saturated rings. The number of anilines is 1. The standard InChI is InChI=1S/C17H16N6OS2/c1-10-4-5-14(11(2)8-10)23-17(20-21-22-23)26-12(3)15(24)19-16-13(9-18)6-7-25-16/h4-8,12H,1-3H3,(H,19,24)/t12-/m0/s1. The molecule has 26 heavy (non-hydrogen) atoms. The normalized spacial score (nSPS) is 11.8. The number of carbonyl (C=O) groups is 1. The van der Waals surface area contributed by atoms with Crippen molar-refractivity contribution in [3.8, 4) is 11.8 Å². The number of carbonyl (C=O) groups excluding carboxylic acids is 1. The van der Waals surface area contributed by atoms with Crippen molar-refractivity contribution >= 4 is 34.0 Å². The summed E-state index contributed by atoms with van der Waals surface area (Å²) in [5.41, 5.74) is 3.54. The summed E-state index contributed by atoms with van der Waals surface area (Å²) in [4.78, 5) is 12.5. The van der Waals surface area contributed by atoms with Crippen molar-refractivity contribution in [2.75, 3.05) is 5.32 Å². The SMILES string of the molecule is Cc1ccc(-n2nnnc2S[C@@H](C)C(=O)Nc2sccc2C#N)c(C)c1. The highest BCUT2D eigenvalue weighted by Crippen LogP contribution is 2.27. The Labute approximate surface area is 159 Å². The van der Waals surface area contributed by atoms with E-state index in [0.29, 0.717) is 15.7 Å². The molecule has 0 radical (unpaired) electrons. The van der Waals surface area contributed by atoms with Crippen LogP contribution in [-0.2, 0) is 4.79 Å². The molecule has 3 aromatic rings. The third-order valence-corrected chi connectivity index (χ3v) is 5.56. The molecule has 2 aromatic heterocycles. The van der Waals surface area contributed by atoms with Crippen LogP contribution >= 0.6 is 23.1 Å². The van der Waals surface area contributed by atoms with E-state index in [4.69, 9.17) is 5.26 Å². The maximum Gasteiger partial charge on any atom is 0.238 e. The van der Waals surface area contributed by atoms with Gasteiger partial charge in [-0.3, -0.25) is 4.79 Å². The molecule has 132 valence electrons. The first kappa shape index (κ1) is 18.1. The fourth-order valence-corrected chi connectivity index (χ4v) is 3.91. The first-order chi connectivity index (χ1) is 12.5. The second-order valence-electron chi connectivity index (χ2n) is 5.69. The average molecular weight is 384 g/mol. The number of rotatable bonds is 5. The lowest BCUT2D eigenvalue weighted by atomic mass is 10.1. The maximum atomic E-state index is 12.5. The van der Waals surface area contributed by atoms with E-state index in [1.54, 1.807) is 23.1 Å². The molecular weight excluding hydrogens is 368 g/mol. The lowest BCUT2D eigenvalue weighted by Gasteiger charge is -2.12. The molecule has 0 aliphatic heterocycles. The van der Waals surface area contributed by atoms with E-state index >= 15 is 0 Å². The van der Waals surface area contributed by atoms with E-state index in [1.807, 2.05) is 26.0 Å². The Kier molecular flexibility index (Phi) is 5.35. The molecule has 0 aliphatic carbocycles. The molecular formula is C17H16N6OS2. The van der Waals surface area contributed by atoms with Gasteiger partial charge in [-0.05, 0) is 54.3 Å². The molecule has 2 heterocycles. The summed E-state index contributed by atoms with van der Waals surface area (Å²) in [6, 6.07) is 9.75. The van der Waals surface area contributed by atoms with Crippen molar-refractivity contribution in [1.82, 2.24) is 20.2 Å². The molecule has 0 saturated heterocycles. The van der Waals surface area contributed by atoms with E-state index < -0.39 is 5.25 Å². The molecule has 1 atom stereocenters. The number of benzene rings is 1. The Bertz CT molecular complexity index is 987. The third kappa shape index (κ3) is 3.76. The zero-order valence-electron chi connectivity index (χ0n) is 14.4. The van der Waals surface area contributed by atoms with Crippen LogP contribution in [0.3, 0.4) is 0 Å². The van der Waals surface area contributed by atoms with Gasteiger partial charge in [0.05, 0.1) is 16.5 Å². The Hall–Kier alpha value is -2.70. The average Bonchev–Trinajstić information content (AvgIpc) is 3.24. The number of amides is 1. The highest BCUT2D eigenvalue weighted by Gasteiger charge is 2.21. The molecule has 0 saturated carbocycles. The van der Waals surface area contributed by atoms with Gasteiger partial charge in [0.1, 0.15) is 11.1 Å². The predicted molar refractivity (Wildman–Crippen MR) is 102 cm³/mol. The Morgan fingerprint density at radius 2 is 2.19 bits per heavy atom. The van der Waals surface area contributed by atoms with E-state index in [-0.39, 0.29) is 5.91 Å². The number of hydrogen-bond acceptors (Lipinski definition) is 7. The van der Waals surface area contributed by atoms with Crippen LogP contribution in [0.25, 0.3) is 5.69 Å². The van der Waals surface area contributed by atoms with Crippen molar-refractivity contribution in [3.05, 3.63) is 46.3 Å². The topological polar surface area (TPSA) is 96.5 Å². The maximum absolute atomic E-state index is 12.5. The van der Waals surface area contributed by atoms with Gasteiger partial charge >= 0.3 is 0 Å². The molecule has 0 unspecified atom stereocenters. The number of tetrazole rings is 1. The highest BCUT2D eigenvalue weighted by atomic mass is 32.2. The van der Waals surface area contributed by atoms with Crippen molar-refractivity contribution in [1.29, 1.82) is 5.26 Å². The summed E-state index contributed by atoms with van der Waals surface area (Å²) in [7, 11) is 0. The van der Waals surface area contributed by atoms with Crippen LogP contribution in [0.15, 0.2) is 34.8 Å². The van der Waals surface area contributed by atoms with Crippen LogP contribution in [0.2, 0.25) is 0 Å². The molecule has 1 amide bonds. The van der Waals surface area contributed by atoms with Gasteiger partial charge < -0.3 is 5.32 Å². The minimum absolute atomic E-state index is 0.205. The second kappa shape index (κ2) is 7.68. The van der Waals surface area contributed by atoms with Gasteiger partial charge in [0.2, 0.25) is 11.1 Å². The summed E-state index contributed by atoms with van der Waals surface area (Å²) >= 11 is 2.59. The van der Waals surface area contributed by atoms with Gasteiger partial charge in [-0.25, -0.2) is 0 Å². The first-order valence-electron chi connectivity index (χ1n) is 7.80. The molecule has 0 aliphatic rings. The van der Waals surface area contributed by atoms with Crippen LogP contribution in [0.5, 0.6) is 0 Å². The number of thioether (sulfide) groups is 1. The third-order valence-electron chi connectivity index (χ3n) is 3.70. The summed E-state index contributed by atoms with van der Waals surface area (Å²) in [5, 5.41) is 26.1. The monoisotopic (exact) mass is 384 g/mol. The van der Waals surface area contributed by atoms with E-state index in [0.717, 1.165) is 16.8 Å². The lowest BCUT2D eigenvalue weighted by molar-refractivity contribution is -0.115. The van der Waals surface area contributed by atoms with E-state index in [2.05, 4.69) is 33.0 Å². The number of aryl methyl sites for hydroxylation is 2. The first-order valence-corrected chi connectivity index (χ1v) is 9.56. The summed E-state index contributed by atoms with van der Waals surface area (Å²) in [6.07, 6.45) is 0. The van der Waals surface area contributed by atoms with Crippen LogP contribution in [0.4, 0.5) is 5.00 Å². The Balaban J connectivity index is 1.76. The van der Waals surface area contributed by atoms with Gasteiger partial charge in [0, 0.05) is 0 Å². The highest BCUT2D eigenvalue weighted by molar-refractivity contribution is 8.00. The second-order valence-corrected chi connectivity index (χ2v) is 7.91. The summed E-state index contributed by atoms with van der Waals surface area (Å²) in [5.74, 6) is -0.205. The molecule has 1 aromatic carbocycles. The zero-order chi connectivity index (χ0) is 18.7. The fourth-order valence-electron chi connectivity index (χ4n) is 2.37. The van der Waals surface area contributed by atoms with Crippen LogP contribution < -0.4 is 5.32 Å². The van der Waals surface area contributed by atoms with Gasteiger partial charge in [0.25, 0.3) is 0 Å². The number of nitrogens with one attached hydrogen (secondary N) is 1. The van der Waals surface area contributed by atoms with Gasteiger partial charge in [0.15, 0.2) is 0 Å². The molecule has 3 rings (SSSR count). The summed E-state index contributed by atoms with van der Waals surface area (Å²) in [6.45, 7) is 5.80. The smallest absolute Gasteiger partial charge is 0.238 e. The summed E-state index contributed by atoms with van der Waals surface area (Å²) < 4.78 is 1.63. The van der Waals surface area contributed by atoms with Crippen LogP contribution in [0.1, 0.15) is 23.6 Å². The van der Waals surface area contributed by atoms with Gasteiger partial charge in [-0.15, -0.1) is 16.4 Å². The molecule has 0 bridgehead atoms. The zero-order valence-corrected chi connectivity index (χ0v) is 16.1. The molecule has 0 spiro atoms. The fraction of sp³-hybridized carbons (Fsp3) is 0.235. The predicted octanol–water partition coefficient (Wildman–Crippen LogP) is 3.33. The lowest BCUT2D eigenvalue weighted by Crippen LogP contribution is -2.22. The molecule has 7 nitrogen and oxygen atoms in total. The quantitative estimate of drug-likeness (QED) is 0.678. The molecule has 9 heteroatoms. The van der Waals surface area contributed by atoms with E-state index in [1.165, 1.54) is 23.1 Å². The number of aromatic nitrogens is 4. The molecule has 1 N–H and O–H groups in total. The number of nitriles is 1. The number of hydrogen-bond donors (Lipinski definition) is 1. The van der Waals surface area contributed by atoms with Crippen LogP contribution in [-0.4, -0.2) is 31.4 Å². The van der Waals surface area contributed by atoms with E-state index in [9.17, 15) is 4.79 Å². The van der Waals surface area contributed by atoms with Crippen molar-refractivity contribution in [2.24, 2.45) is 0 Å². The minimum atomic E-state index is -0.431. The largest absolute Gasteiger partial charge is 0.316 e. The van der Waals surface area contributed by atoms with Crippen molar-refractivity contribution < 1.29 is 4.79 Å².